The number of nitrogens with zero attached hydrogens (tertiary/aromatic N) is 1. The van der Waals surface area contributed by atoms with Gasteiger partial charge in [0.25, 0.3) is 0 Å². The first-order chi connectivity index (χ1) is 17.4. The molecule has 1 heterocycles. The van der Waals surface area contributed by atoms with Crippen molar-refractivity contribution in [3.63, 3.8) is 0 Å². The van der Waals surface area contributed by atoms with E-state index in [2.05, 4.69) is 5.32 Å². The van der Waals surface area contributed by atoms with Gasteiger partial charge in [0, 0.05) is 50.8 Å². The molecule has 2 aliphatic rings. The Morgan fingerprint density at radius 3 is 2.75 bits per heavy atom. The number of carbonyl (C=O) groups excluding carboxylic acids is 1. The molecule has 1 amide bonds. The molecule has 36 heavy (non-hydrogen) atoms. The van der Waals surface area contributed by atoms with Gasteiger partial charge < -0.3 is 20.1 Å². The van der Waals surface area contributed by atoms with Crippen LogP contribution in [0.5, 0.6) is 0 Å². The molecular weight excluding hydrogens is 479 g/mol. The molecule has 3 rings (SSSR count). The van der Waals surface area contributed by atoms with E-state index in [-0.39, 0.29) is 22.4 Å². The molecule has 0 aromatic heterocycles. The number of ether oxygens (including phenoxy) is 1. The van der Waals surface area contributed by atoms with Gasteiger partial charge in [-0.1, -0.05) is 55.8 Å². The van der Waals surface area contributed by atoms with Crippen LogP contribution in [0, 0.1) is 17.7 Å². The highest BCUT2D eigenvalue weighted by molar-refractivity contribution is 6.30. The van der Waals surface area contributed by atoms with Gasteiger partial charge in [-0.25, -0.2) is 4.39 Å². The molecule has 3 atom stereocenters. The van der Waals surface area contributed by atoms with E-state index in [1.807, 2.05) is 11.9 Å². The number of piperidine rings is 1. The normalized spacial score (nSPS) is 21.8. The topological polar surface area (TPSA) is 61.8 Å². The highest BCUT2D eigenvalue weighted by atomic mass is 35.5. The van der Waals surface area contributed by atoms with Gasteiger partial charge in [-0.05, 0) is 64.0 Å². The van der Waals surface area contributed by atoms with Gasteiger partial charge in [0.1, 0.15) is 5.82 Å². The molecule has 0 unspecified atom stereocenters. The second-order valence-corrected chi connectivity index (χ2v) is 11.3. The fourth-order valence-electron chi connectivity index (χ4n) is 6.29. The minimum absolute atomic E-state index is 0.0163. The van der Waals surface area contributed by atoms with Crippen molar-refractivity contribution in [3.05, 3.63) is 34.6 Å². The lowest BCUT2D eigenvalue weighted by Crippen LogP contribution is -2.48. The van der Waals surface area contributed by atoms with Crippen molar-refractivity contribution in [1.29, 1.82) is 0 Å². The van der Waals surface area contributed by atoms with E-state index in [0.717, 1.165) is 38.0 Å². The minimum Gasteiger partial charge on any atom is -0.385 e. The maximum absolute atomic E-state index is 15.1. The zero-order valence-corrected chi connectivity index (χ0v) is 23.0. The third-order valence-corrected chi connectivity index (χ3v) is 8.77. The number of unbranched alkanes of at least 4 members (excludes halogenated alkanes) is 1. The van der Waals surface area contributed by atoms with E-state index >= 15 is 4.39 Å². The van der Waals surface area contributed by atoms with Crippen LogP contribution in [0.1, 0.15) is 89.0 Å². The van der Waals surface area contributed by atoms with E-state index in [1.165, 1.54) is 38.2 Å². The summed E-state index contributed by atoms with van der Waals surface area (Å²) in [5.74, 6) is 0.104. The first kappa shape index (κ1) is 29.3. The van der Waals surface area contributed by atoms with Crippen LogP contribution in [0.2, 0.25) is 5.02 Å². The Labute approximate surface area is 222 Å². The number of rotatable bonds is 13. The van der Waals surface area contributed by atoms with E-state index in [0.29, 0.717) is 45.0 Å². The summed E-state index contributed by atoms with van der Waals surface area (Å²) in [6.45, 7) is 1.73. The fraction of sp³-hybridized carbons (Fsp3) is 0.759. The molecule has 1 aromatic rings. The number of nitrogens with one attached hydrogen (secondary N) is 1. The van der Waals surface area contributed by atoms with Gasteiger partial charge in [0.2, 0.25) is 5.91 Å². The van der Waals surface area contributed by atoms with Gasteiger partial charge in [-0.15, -0.1) is 0 Å². The van der Waals surface area contributed by atoms with Crippen LogP contribution < -0.4 is 5.32 Å². The van der Waals surface area contributed by atoms with Gasteiger partial charge in [-0.2, -0.15) is 0 Å². The summed E-state index contributed by atoms with van der Waals surface area (Å²) in [5.41, 5.74) is -1.13. The Morgan fingerprint density at radius 1 is 1.25 bits per heavy atom. The average molecular weight is 525 g/mol. The van der Waals surface area contributed by atoms with Crippen LogP contribution in [0.3, 0.4) is 0 Å². The molecule has 0 bridgehead atoms. The molecule has 1 aromatic carbocycles. The molecule has 0 radical (unpaired) electrons. The molecular formula is C29H46ClFN2O3. The smallest absolute Gasteiger partial charge is 0.222 e. The van der Waals surface area contributed by atoms with Crippen molar-refractivity contribution < 1.29 is 19.0 Å². The summed E-state index contributed by atoms with van der Waals surface area (Å²) in [6.07, 6.45) is 12.5. The molecule has 7 heteroatoms. The van der Waals surface area contributed by atoms with Crippen LogP contribution in [0.4, 0.5) is 4.39 Å². The van der Waals surface area contributed by atoms with Crippen LogP contribution in [0.15, 0.2) is 18.2 Å². The minimum atomic E-state index is -1.38. The zero-order valence-electron chi connectivity index (χ0n) is 22.2. The van der Waals surface area contributed by atoms with E-state index < -0.39 is 11.4 Å². The number of carbonyl (C=O) groups is 1. The average Bonchev–Trinajstić information content (AvgIpc) is 2.91. The molecule has 5 nitrogen and oxygen atoms in total. The predicted molar refractivity (Wildman–Crippen MR) is 144 cm³/mol. The summed E-state index contributed by atoms with van der Waals surface area (Å²) in [7, 11) is 3.65. The molecule has 1 aliphatic heterocycles. The van der Waals surface area contributed by atoms with Gasteiger partial charge in [-0.3, -0.25) is 4.79 Å². The number of hydrogen-bond donors (Lipinski definition) is 2. The Hall–Kier alpha value is -1.21. The Balaban J connectivity index is 1.65. The Bertz CT molecular complexity index is 820. The standard InChI is InChI=1S/C29H46ClFN2O3/c1-32-24(20-22-10-4-3-5-11-22)15-16-27(34)33-18-9-12-23(21-33)29(35,17-6-7-19-36-2)25-13-8-14-26(30)28(25)31/h8,13-14,22-24,32,35H,3-7,9-12,15-21H2,1-2H3/t23-,24-,29+/m1/s1. The van der Waals surface area contributed by atoms with Crippen molar-refractivity contribution in [2.24, 2.45) is 11.8 Å². The number of amides is 1. The van der Waals surface area contributed by atoms with Gasteiger partial charge >= 0.3 is 0 Å². The van der Waals surface area contributed by atoms with Crippen molar-refractivity contribution in [2.45, 2.75) is 95.1 Å². The first-order valence-electron chi connectivity index (χ1n) is 14.0. The summed E-state index contributed by atoms with van der Waals surface area (Å²) in [6, 6.07) is 5.20. The van der Waals surface area contributed by atoms with Gasteiger partial charge in [0.15, 0.2) is 0 Å². The Morgan fingerprint density at radius 2 is 2.03 bits per heavy atom. The first-order valence-corrected chi connectivity index (χ1v) is 14.4. The van der Waals surface area contributed by atoms with Crippen LogP contribution in [-0.4, -0.2) is 55.8 Å². The third kappa shape index (κ3) is 7.89. The quantitative estimate of drug-likeness (QED) is 0.308. The molecule has 1 saturated carbocycles. The second kappa shape index (κ2) is 14.7. The SMILES string of the molecule is CN[C@H](CCC(=O)N1CCC[C@@H]([C@@](O)(CCCCOC)c2cccc(Cl)c2F)C1)CC1CCCCC1. The highest BCUT2D eigenvalue weighted by Gasteiger charge is 2.43. The molecule has 2 fully saturated rings. The maximum Gasteiger partial charge on any atom is 0.222 e. The van der Waals surface area contributed by atoms with Crippen molar-refractivity contribution in [2.75, 3.05) is 33.9 Å². The number of hydrogen-bond acceptors (Lipinski definition) is 4. The Kier molecular flexibility index (Phi) is 11.9. The van der Waals surface area contributed by atoms with Crippen LogP contribution in [0.25, 0.3) is 0 Å². The highest BCUT2D eigenvalue weighted by Crippen LogP contribution is 2.42. The molecule has 204 valence electrons. The number of benzene rings is 1. The van der Waals surface area contributed by atoms with E-state index in [9.17, 15) is 9.90 Å². The number of aliphatic hydroxyl groups is 1. The third-order valence-electron chi connectivity index (χ3n) is 8.48. The van der Waals surface area contributed by atoms with Crippen molar-refractivity contribution in [3.8, 4) is 0 Å². The fourth-order valence-corrected chi connectivity index (χ4v) is 6.47. The van der Waals surface area contributed by atoms with Crippen LogP contribution >= 0.6 is 11.6 Å². The van der Waals surface area contributed by atoms with E-state index in [1.54, 1.807) is 19.2 Å². The maximum atomic E-state index is 15.1. The summed E-state index contributed by atoms with van der Waals surface area (Å²) in [4.78, 5) is 15.1. The molecule has 1 aliphatic carbocycles. The molecule has 2 N–H and O–H groups in total. The summed E-state index contributed by atoms with van der Waals surface area (Å²) >= 11 is 6.10. The summed E-state index contributed by atoms with van der Waals surface area (Å²) < 4.78 is 20.3. The van der Waals surface area contributed by atoms with E-state index in [4.69, 9.17) is 16.3 Å². The second-order valence-electron chi connectivity index (χ2n) is 10.9. The lowest BCUT2D eigenvalue weighted by atomic mass is 9.74. The monoisotopic (exact) mass is 524 g/mol. The number of likely N-dealkylation sites (tertiary alicyclic amines) is 1. The summed E-state index contributed by atoms with van der Waals surface area (Å²) in [5, 5.41) is 15.4. The predicted octanol–water partition coefficient (Wildman–Crippen LogP) is 6.06. The number of methoxy groups -OCH3 is 1. The van der Waals surface area contributed by atoms with Crippen molar-refractivity contribution in [1.82, 2.24) is 10.2 Å². The lowest BCUT2D eigenvalue weighted by Gasteiger charge is -2.43. The number of halogens is 2. The molecule has 0 spiro atoms. The molecule has 1 saturated heterocycles. The zero-order chi connectivity index (χ0) is 26.0. The van der Waals surface area contributed by atoms with Crippen molar-refractivity contribution >= 4 is 17.5 Å². The van der Waals surface area contributed by atoms with Crippen LogP contribution in [-0.2, 0) is 15.1 Å². The lowest BCUT2D eigenvalue weighted by molar-refractivity contribution is -0.137. The largest absolute Gasteiger partial charge is 0.385 e. The van der Waals surface area contributed by atoms with Gasteiger partial charge in [0.05, 0.1) is 10.6 Å².